The van der Waals surface area contributed by atoms with Gasteiger partial charge in [0, 0.05) is 17.3 Å². The first-order valence-electron chi connectivity index (χ1n) is 8.15. The number of fused-ring (bicyclic) bond motifs is 1. The van der Waals surface area contributed by atoms with Gasteiger partial charge in [-0.1, -0.05) is 13.3 Å². The van der Waals surface area contributed by atoms with Crippen molar-refractivity contribution >= 4 is 27.4 Å². The van der Waals surface area contributed by atoms with Gasteiger partial charge in [-0.2, -0.15) is 0 Å². The van der Waals surface area contributed by atoms with Gasteiger partial charge in [0.05, 0.1) is 5.39 Å². The molecule has 0 saturated heterocycles. The summed E-state index contributed by atoms with van der Waals surface area (Å²) in [7, 11) is 0. The van der Waals surface area contributed by atoms with Crippen molar-refractivity contribution in [1.82, 2.24) is 9.97 Å². The minimum atomic E-state index is 0.555. The number of aromatic nitrogens is 2. The molecule has 0 bridgehead atoms. The van der Waals surface area contributed by atoms with E-state index in [1.807, 2.05) is 11.3 Å². The molecule has 4 heteroatoms. The van der Waals surface area contributed by atoms with Crippen LogP contribution in [0.15, 0.2) is 0 Å². The first kappa shape index (κ1) is 14.8. The van der Waals surface area contributed by atoms with Crippen LogP contribution in [-0.2, 0) is 0 Å². The van der Waals surface area contributed by atoms with Crippen molar-refractivity contribution in [3.8, 4) is 0 Å². The van der Waals surface area contributed by atoms with Crippen LogP contribution in [0.25, 0.3) is 10.2 Å². The fourth-order valence-corrected chi connectivity index (χ4v) is 4.46. The molecule has 3 rings (SSSR count). The number of nitrogens with one attached hydrogen (secondary N) is 1. The number of thiophene rings is 1. The molecule has 2 heterocycles. The van der Waals surface area contributed by atoms with E-state index in [0.29, 0.717) is 5.92 Å². The Hall–Kier alpha value is -1.16. The van der Waals surface area contributed by atoms with Crippen molar-refractivity contribution in [3.05, 3.63) is 16.3 Å². The maximum absolute atomic E-state index is 4.92. The highest BCUT2D eigenvalue weighted by atomic mass is 32.1. The predicted octanol–water partition coefficient (Wildman–Crippen LogP) is 5.03. The summed E-state index contributed by atoms with van der Waals surface area (Å²) in [5.41, 5.74) is 1.33. The van der Waals surface area contributed by atoms with E-state index in [-0.39, 0.29) is 0 Å². The molecule has 2 unspecified atom stereocenters. The molecular formula is C17H25N3S. The Balaban J connectivity index is 2.04. The summed E-state index contributed by atoms with van der Waals surface area (Å²) in [4.78, 5) is 12.3. The lowest BCUT2D eigenvalue weighted by molar-refractivity contribution is 0.517. The number of aryl methyl sites for hydroxylation is 2. The van der Waals surface area contributed by atoms with E-state index >= 15 is 0 Å². The SMILES string of the molecule is CCNc1nc(C2CCC(CC)C2)nc2sc(C)c(C)c12. The Morgan fingerprint density at radius 1 is 1.19 bits per heavy atom. The molecule has 0 aromatic carbocycles. The quantitative estimate of drug-likeness (QED) is 0.860. The largest absolute Gasteiger partial charge is 0.370 e. The molecule has 1 N–H and O–H groups in total. The Morgan fingerprint density at radius 2 is 2.00 bits per heavy atom. The van der Waals surface area contributed by atoms with Gasteiger partial charge in [0.25, 0.3) is 0 Å². The summed E-state index contributed by atoms with van der Waals surface area (Å²) in [6.07, 6.45) is 5.13. The average molecular weight is 303 g/mol. The van der Waals surface area contributed by atoms with E-state index in [4.69, 9.17) is 9.97 Å². The normalized spacial score (nSPS) is 22.1. The van der Waals surface area contributed by atoms with Gasteiger partial charge < -0.3 is 5.32 Å². The summed E-state index contributed by atoms with van der Waals surface area (Å²) in [5.74, 6) is 3.53. The van der Waals surface area contributed by atoms with Crippen molar-refractivity contribution in [2.45, 2.75) is 59.3 Å². The first-order chi connectivity index (χ1) is 10.1. The van der Waals surface area contributed by atoms with Gasteiger partial charge >= 0.3 is 0 Å². The molecule has 0 spiro atoms. The number of hydrogen-bond acceptors (Lipinski definition) is 4. The van der Waals surface area contributed by atoms with E-state index < -0.39 is 0 Å². The lowest BCUT2D eigenvalue weighted by atomic mass is 10.0. The molecule has 21 heavy (non-hydrogen) atoms. The fourth-order valence-electron chi connectivity index (χ4n) is 3.42. The molecule has 1 aliphatic carbocycles. The van der Waals surface area contributed by atoms with E-state index in [2.05, 4.69) is 33.0 Å². The van der Waals surface area contributed by atoms with Gasteiger partial charge in [-0.15, -0.1) is 11.3 Å². The van der Waals surface area contributed by atoms with Crippen LogP contribution in [0.5, 0.6) is 0 Å². The van der Waals surface area contributed by atoms with Crippen molar-refractivity contribution in [2.75, 3.05) is 11.9 Å². The zero-order chi connectivity index (χ0) is 15.0. The first-order valence-corrected chi connectivity index (χ1v) is 8.97. The molecule has 2 aromatic heterocycles. The van der Waals surface area contributed by atoms with Gasteiger partial charge in [-0.25, -0.2) is 9.97 Å². The van der Waals surface area contributed by atoms with Gasteiger partial charge in [-0.3, -0.25) is 0 Å². The van der Waals surface area contributed by atoms with Crippen LogP contribution in [0.3, 0.4) is 0 Å². The number of anilines is 1. The van der Waals surface area contributed by atoms with Crippen molar-refractivity contribution in [3.63, 3.8) is 0 Å². The van der Waals surface area contributed by atoms with Crippen LogP contribution in [0.2, 0.25) is 0 Å². The average Bonchev–Trinajstić information content (AvgIpc) is 3.05. The smallest absolute Gasteiger partial charge is 0.138 e. The summed E-state index contributed by atoms with van der Waals surface area (Å²) < 4.78 is 0. The van der Waals surface area contributed by atoms with E-state index in [0.717, 1.165) is 28.9 Å². The van der Waals surface area contributed by atoms with Crippen LogP contribution < -0.4 is 5.32 Å². The molecule has 3 nitrogen and oxygen atoms in total. The summed E-state index contributed by atoms with van der Waals surface area (Å²) in [6, 6.07) is 0. The van der Waals surface area contributed by atoms with Crippen LogP contribution in [-0.4, -0.2) is 16.5 Å². The van der Waals surface area contributed by atoms with Gasteiger partial charge in [0.1, 0.15) is 16.5 Å². The summed E-state index contributed by atoms with van der Waals surface area (Å²) >= 11 is 1.81. The maximum atomic E-state index is 4.92. The zero-order valence-corrected chi connectivity index (χ0v) is 14.3. The lowest BCUT2D eigenvalue weighted by Gasteiger charge is -2.12. The van der Waals surface area contributed by atoms with Crippen molar-refractivity contribution in [1.29, 1.82) is 0 Å². The number of nitrogens with zero attached hydrogens (tertiary/aromatic N) is 2. The van der Waals surface area contributed by atoms with Crippen molar-refractivity contribution < 1.29 is 0 Å². The summed E-state index contributed by atoms with van der Waals surface area (Å²) in [5, 5.41) is 4.68. The molecule has 2 aromatic rings. The lowest BCUT2D eigenvalue weighted by Crippen LogP contribution is -2.07. The second-order valence-electron chi connectivity index (χ2n) is 6.21. The Bertz CT molecular complexity index is 647. The predicted molar refractivity (Wildman–Crippen MR) is 91.4 cm³/mol. The van der Waals surface area contributed by atoms with Crippen LogP contribution >= 0.6 is 11.3 Å². The highest BCUT2D eigenvalue weighted by Crippen LogP contribution is 2.41. The molecule has 1 aliphatic rings. The highest BCUT2D eigenvalue weighted by Gasteiger charge is 2.28. The molecule has 0 amide bonds. The summed E-state index contributed by atoms with van der Waals surface area (Å²) in [6.45, 7) is 9.70. The highest BCUT2D eigenvalue weighted by molar-refractivity contribution is 7.18. The van der Waals surface area contributed by atoms with E-state index in [1.54, 1.807) is 0 Å². The second-order valence-corrected chi connectivity index (χ2v) is 7.41. The van der Waals surface area contributed by atoms with E-state index in [1.165, 1.54) is 41.5 Å². The monoisotopic (exact) mass is 303 g/mol. The molecule has 2 atom stereocenters. The molecule has 0 aliphatic heterocycles. The molecule has 114 valence electrons. The Morgan fingerprint density at radius 3 is 2.67 bits per heavy atom. The molecule has 1 saturated carbocycles. The van der Waals surface area contributed by atoms with Gasteiger partial charge in [0.15, 0.2) is 0 Å². The fraction of sp³-hybridized carbons (Fsp3) is 0.647. The second kappa shape index (κ2) is 5.91. The molecule has 0 radical (unpaired) electrons. The Labute approximate surface area is 131 Å². The molecule has 1 fully saturated rings. The standard InChI is InChI=1S/C17H25N3S/c1-5-12-7-8-13(9-12)15-19-16(18-6-2)14-10(3)11(4)21-17(14)20-15/h12-13H,5-9H2,1-4H3,(H,18,19,20). The number of rotatable bonds is 4. The topological polar surface area (TPSA) is 37.8 Å². The van der Waals surface area contributed by atoms with E-state index in [9.17, 15) is 0 Å². The maximum Gasteiger partial charge on any atom is 0.138 e. The van der Waals surface area contributed by atoms with Crippen LogP contribution in [0.1, 0.15) is 61.7 Å². The van der Waals surface area contributed by atoms with Gasteiger partial charge in [0.2, 0.25) is 0 Å². The number of hydrogen-bond donors (Lipinski definition) is 1. The third-order valence-electron chi connectivity index (χ3n) is 4.87. The third-order valence-corrected chi connectivity index (χ3v) is 5.98. The van der Waals surface area contributed by atoms with Crippen LogP contribution in [0.4, 0.5) is 5.82 Å². The van der Waals surface area contributed by atoms with Gasteiger partial charge in [-0.05, 0) is 51.5 Å². The van der Waals surface area contributed by atoms with Crippen molar-refractivity contribution in [2.24, 2.45) is 5.92 Å². The molecular weight excluding hydrogens is 278 g/mol. The zero-order valence-electron chi connectivity index (χ0n) is 13.5. The third kappa shape index (κ3) is 2.66. The van der Waals surface area contributed by atoms with Crippen LogP contribution in [0, 0.1) is 19.8 Å². The minimum absolute atomic E-state index is 0.555. The minimum Gasteiger partial charge on any atom is -0.370 e. The Kier molecular flexibility index (Phi) is 4.16.